The van der Waals surface area contributed by atoms with Crippen LogP contribution in [0.3, 0.4) is 0 Å². The van der Waals surface area contributed by atoms with Crippen LogP contribution in [0.4, 0.5) is 0 Å². The molecule has 1 aliphatic rings. The molecule has 0 fully saturated rings. The standard InChI is InChI=1S/C12H17N3O2S/c1-14(2)18(16,17)8-7-15-9-10-5-3-4-6-11(10)12(15)13/h3-6,13H,7-9H2,1-2H3. The van der Waals surface area contributed by atoms with Gasteiger partial charge in [0.1, 0.15) is 5.84 Å². The summed E-state index contributed by atoms with van der Waals surface area (Å²) in [6.45, 7) is 0.978. The molecule has 0 bridgehead atoms. The summed E-state index contributed by atoms with van der Waals surface area (Å²) in [4.78, 5) is 1.80. The van der Waals surface area contributed by atoms with E-state index in [1.54, 1.807) is 4.90 Å². The Morgan fingerprint density at radius 2 is 2.00 bits per heavy atom. The van der Waals surface area contributed by atoms with Crippen LogP contribution in [-0.4, -0.2) is 49.9 Å². The minimum absolute atomic E-state index is 0.0381. The zero-order chi connectivity index (χ0) is 13.3. The molecule has 0 spiro atoms. The van der Waals surface area contributed by atoms with Gasteiger partial charge in [0.25, 0.3) is 0 Å². The molecule has 0 radical (unpaired) electrons. The van der Waals surface area contributed by atoms with Gasteiger partial charge in [-0.15, -0.1) is 0 Å². The number of benzene rings is 1. The van der Waals surface area contributed by atoms with E-state index in [1.165, 1.54) is 18.4 Å². The summed E-state index contributed by atoms with van der Waals surface area (Å²) in [5, 5.41) is 8.02. The summed E-state index contributed by atoms with van der Waals surface area (Å²) in [6, 6.07) is 7.71. The van der Waals surface area contributed by atoms with Crippen molar-refractivity contribution in [2.45, 2.75) is 6.54 Å². The van der Waals surface area contributed by atoms with E-state index in [1.807, 2.05) is 24.3 Å². The molecule has 2 rings (SSSR count). The number of fused-ring (bicyclic) bond motifs is 1. The first-order valence-electron chi connectivity index (χ1n) is 5.74. The van der Waals surface area contributed by atoms with Crippen LogP contribution in [0.25, 0.3) is 0 Å². The van der Waals surface area contributed by atoms with Crippen LogP contribution in [0.2, 0.25) is 0 Å². The van der Waals surface area contributed by atoms with Crippen molar-refractivity contribution in [3.05, 3.63) is 35.4 Å². The molecule has 0 unspecified atom stereocenters. The van der Waals surface area contributed by atoms with Gasteiger partial charge in [0.15, 0.2) is 0 Å². The second kappa shape index (κ2) is 4.70. The van der Waals surface area contributed by atoms with Crippen molar-refractivity contribution >= 4 is 15.9 Å². The fourth-order valence-corrected chi connectivity index (χ4v) is 2.76. The third-order valence-electron chi connectivity index (χ3n) is 3.13. The molecular formula is C12H17N3O2S. The Bertz CT molecular complexity index is 566. The predicted octanol–water partition coefficient (Wildman–Crippen LogP) is 0.719. The first kappa shape index (κ1) is 13.0. The third-order valence-corrected chi connectivity index (χ3v) is 4.94. The molecule has 1 aromatic carbocycles. The first-order chi connectivity index (χ1) is 8.42. The molecule has 6 heteroatoms. The number of nitrogens with one attached hydrogen (secondary N) is 1. The van der Waals surface area contributed by atoms with E-state index < -0.39 is 10.0 Å². The maximum Gasteiger partial charge on any atom is 0.215 e. The average molecular weight is 267 g/mol. The minimum atomic E-state index is -3.20. The Kier molecular flexibility index (Phi) is 3.41. The SMILES string of the molecule is CN(C)S(=O)(=O)CCN1Cc2ccccc2C1=N. The van der Waals surface area contributed by atoms with E-state index in [9.17, 15) is 8.42 Å². The molecule has 0 saturated heterocycles. The molecular weight excluding hydrogens is 250 g/mol. The van der Waals surface area contributed by atoms with Gasteiger partial charge in [-0.05, 0) is 5.56 Å². The minimum Gasteiger partial charge on any atom is -0.351 e. The lowest BCUT2D eigenvalue weighted by Crippen LogP contribution is -2.34. The van der Waals surface area contributed by atoms with Crippen molar-refractivity contribution in [3.8, 4) is 0 Å². The highest BCUT2D eigenvalue weighted by Crippen LogP contribution is 2.21. The number of sulfonamides is 1. The number of nitrogens with zero attached hydrogens (tertiary/aromatic N) is 2. The van der Waals surface area contributed by atoms with Crippen molar-refractivity contribution < 1.29 is 8.42 Å². The van der Waals surface area contributed by atoms with Crippen LogP contribution in [0.5, 0.6) is 0 Å². The summed E-state index contributed by atoms with van der Waals surface area (Å²) in [7, 11) is -0.147. The van der Waals surface area contributed by atoms with Gasteiger partial charge in [0.05, 0.1) is 5.75 Å². The summed E-state index contributed by atoms with van der Waals surface area (Å²) < 4.78 is 24.6. The number of hydrogen-bond acceptors (Lipinski definition) is 3. The molecule has 1 heterocycles. The third kappa shape index (κ3) is 2.39. The van der Waals surface area contributed by atoms with Gasteiger partial charge < -0.3 is 4.90 Å². The summed E-state index contributed by atoms with van der Waals surface area (Å²) in [6.07, 6.45) is 0. The van der Waals surface area contributed by atoms with E-state index in [0.29, 0.717) is 18.9 Å². The van der Waals surface area contributed by atoms with Gasteiger partial charge in [-0.1, -0.05) is 24.3 Å². The molecule has 0 atom stereocenters. The molecule has 5 nitrogen and oxygen atoms in total. The van der Waals surface area contributed by atoms with Crippen LogP contribution in [0, 0.1) is 5.41 Å². The lowest BCUT2D eigenvalue weighted by molar-refractivity contribution is 0.442. The zero-order valence-corrected chi connectivity index (χ0v) is 11.4. The molecule has 0 aliphatic carbocycles. The van der Waals surface area contributed by atoms with E-state index >= 15 is 0 Å². The van der Waals surface area contributed by atoms with Crippen molar-refractivity contribution in [3.63, 3.8) is 0 Å². The molecule has 0 amide bonds. The topological polar surface area (TPSA) is 64.5 Å². The second-order valence-corrected chi connectivity index (χ2v) is 6.83. The largest absolute Gasteiger partial charge is 0.351 e. The fraction of sp³-hybridized carbons (Fsp3) is 0.417. The molecule has 98 valence electrons. The highest BCUT2D eigenvalue weighted by molar-refractivity contribution is 7.89. The molecule has 0 aromatic heterocycles. The normalized spacial score (nSPS) is 15.3. The quantitative estimate of drug-likeness (QED) is 0.874. The van der Waals surface area contributed by atoms with Crippen LogP contribution >= 0.6 is 0 Å². The Morgan fingerprint density at radius 3 is 2.61 bits per heavy atom. The Hall–Kier alpha value is -1.40. The van der Waals surface area contributed by atoms with Crippen molar-refractivity contribution in [2.75, 3.05) is 26.4 Å². The Morgan fingerprint density at radius 1 is 1.33 bits per heavy atom. The van der Waals surface area contributed by atoms with Gasteiger partial charge in [0, 0.05) is 32.7 Å². The first-order valence-corrected chi connectivity index (χ1v) is 7.35. The van der Waals surface area contributed by atoms with Crippen LogP contribution in [0.1, 0.15) is 11.1 Å². The highest BCUT2D eigenvalue weighted by atomic mass is 32.2. The van der Waals surface area contributed by atoms with E-state index in [2.05, 4.69) is 0 Å². The zero-order valence-electron chi connectivity index (χ0n) is 10.5. The van der Waals surface area contributed by atoms with E-state index in [4.69, 9.17) is 5.41 Å². The molecule has 1 aromatic rings. The second-order valence-electron chi connectivity index (χ2n) is 4.53. The lowest BCUT2D eigenvalue weighted by atomic mass is 10.1. The summed E-state index contributed by atoms with van der Waals surface area (Å²) in [5.74, 6) is 0.454. The lowest BCUT2D eigenvalue weighted by Gasteiger charge is -2.19. The maximum absolute atomic E-state index is 11.7. The van der Waals surface area contributed by atoms with Crippen molar-refractivity contribution in [1.82, 2.24) is 9.21 Å². The predicted molar refractivity (Wildman–Crippen MR) is 71.2 cm³/mol. The van der Waals surface area contributed by atoms with Crippen LogP contribution in [-0.2, 0) is 16.6 Å². The maximum atomic E-state index is 11.7. The van der Waals surface area contributed by atoms with Gasteiger partial charge in [0.2, 0.25) is 10.0 Å². The fourth-order valence-electron chi connectivity index (χ4n) is 1.94. The van der Waals surface area contributed by atoms with Gasteiger partial charge >= 0.3 is 0 Å². The van der Waals surface area contributed by atoms with E-state index in [-0.39, 0.29) is 5.75 Å². The molecule has 0 saturated carbocycles. The number of rotatable bonds is 4. The van der Waals surface area contributed by atoms with Crippen molar-refractivity contribution in [2.24, 2.45) is 0 Å². The van der Waals surface area contributed by atoms with E-state index in [0.717, 1.165) is 11.1 Å². The van der Waals surface area contributed by atoms with Crippen molar-refractivity contribution in [1.29, 1.82) is 5.41 Å². The molecule has 18 heavy (non-hydrogen) atoms. The molecule has 1 aliphatic heterocycles. The highest BCUT2D eigenvalue weighted by Gasteiger charge is 2.25. The Balaban J connectivity index is 2.05. The average Bonchev–Trinajstić information content (AvgIpc) is 2.64. The van der Waals surface area contributed by atoms with Crippen LogP contribution < -0.4 is 0 Å². The molecule has 1 N–H and O–H groups in total. The summed E-state index contributed by atoms with van der Waals surface area (Å²) in [5.41, 5.74) is 1.99. The van der Waals surface area contributed by atoms with Gasteiger partial charge in [-0.25, -0.2) is 12.7 Å². The van der Waals surface area contributed by atoms with Gasteiger partial charge in [-0.2, -0.15) is 0 Å². The monoisotopic (exact) mass is 267 g/mol. The smallest absolute Gasteiger partial charge is 0.215 e. The Labute approximate surface area is 108 Å². The summed E-state index contributed by atoms with van der Waals surface area (Å²) >= 11 is 0. The van der Waals surface area contributed by atoms with Gasteiger partial charge in [-0.3, -0.25) is 5.41 Å². The number of amidine groups is 1. The number of hydrogen-bond donors (Lipinski definition) is 1. The van der Waals surface area contributed by atoms with Crippen LogP contribution in [0.15, 0.2) is 24.3 Å².